The average Bonchev–Trinajstić information content (AvgIpc) is 2.46. The lowest BCUT2D eigenvalue weighted by atomic mass is 10.0. The summed E-state index contributed by atoms with van der Waals surface area (Å²) in [6, 6.07) is 6.33. The molecule has 0 saturated carbocycles. The molecule has 1 rings (SSSR count). The number of carbonyl (C=O) groups is 2. The number of urea groups is 1. The number of hydrogen-bond donors (Lipinski definition) is 4. The molecule has 0 bridgehead atoms. The molecule has 0 fully saturated rings. The van der Waals surface area contributed by atoms with Crippen LogP contribution in [0.2, 0.25) is 0 Å². The van der Waals surface area contributed by atoms with Crippen LogP contribution < -0.4 is 21.7 Å². The highest BCUT2D eigenvalue weighted by atomic mass is 35.5. The van der Waals surface area contributed by atoms with Crippen molar-refractivity contribution in [1.29, 1.82) is 0 Å². The van der Waals surface area contributed by atoms with Gasteiger partial charge in [-0.2, -0.15) is 0 Å². The molecular formula is C15H23ClN4O2. The van der Waals surface area contributed by atoms with E-state index >= 15 is 0 Å². The Morgan fingerprint density at radius 1 is 1.18 bits per heavy atom. The summed E-state index contributed by atoms with van der Waals surface area (Å²) < 4.78 is 0. The second-order valence-electron chi connectivity index (χ2n) is 4.84. The molecule has 0 heterocycles. The molecule has 2 unspecified atom stereocenters. The highest BCUT2D eigenvalue weighted by molar-refractivity contribution is 5.93. The van der Waals surface area contributed by atoms with E-state index in [0.29, 0.717) is 17.9 Å². The van der Waals surface area contributed by atoms with Gasteiger partial charge in [-0.05, 0) is 31.2 Å². The van der Waals surface area contributed by atoms with Gasteiger partial charge in [-0.1, -0.05) is 13.0 Å². The first-order chi connectivity index (χ1) is 9.93. The van der Waals surface area contributed by atoms with Crippen molar-refractivity contribution in [3.63, 3.8) is 0 Å². The molecule has 0 aliphatic carbocycles. The highest BCUT2D eigenvalue weighted by Gasteiger charge is 2.16. The predicted molar refractivity (Wildman–Crippen MR) is 92.4 cm³/mol. The van der Waals surface area contributed by atoms with Gasteiger partial charge in [0.2, 0.25) is 5.91 Å². The van der Waals surface area contributed by atoms with Gasteiger partial charge < -0.3 is 21.7 Å². The van der Waals surface area contributed by atoms with Crippen LogP contribution in [0.15, 0.2) is 36.9 Å². The van der Waals surface area contributed by atoms with Crippen molar-refractivity contribution in [1.82, 2.24) is 5.32 Å². The van der Waals surface area contributed by atoms with E-state index in [2.05, 4.69) is 22.5 Å². The fraction of sp³-hybridized carbons (Fsp3) is 0.333. The molecule has 2 atom stereocenters. The zero-order chi connectivity index (χ0) is 15.8. The second kappa shape index (κ2) is 9.81. The van der Waals surface area contributed by atoms with Crippen LogP contribution in [0, 0.1) is 5.92 Å². The van der Waals surface area contributed by atoms with Crippen molar-refractivity contribution in [3.8, 4) is 0 Å². The minimum atomic E-state index is -0.308. The largest absolute Gasteiger partial charge is 0.334 e. The maximum absolute atomic E-state index is 11.9. The van der Waals surface area contributed by atoms with Gasteiger partial charge in [0.05, 0.1) is 5.92 Å². The van der Waals surface area contributed by atoms with E-state index in [4.69, 9.17) is 5.73 Å². The summed E-state index contributed by atoms with van der Waals surface area (Å²) in [6.45, 7) is 7.48. The Bertz CT molecular complexity index is 503. The number of nitrogens with two attached hydrogens (primary N) is 1. The van der Waals surface area contributed by atoms with Crippen molar-refractivity contribution in [3.05, 3.63) is 36.9 Å². The minimum absolute atomic E-state index is 0. The number of carbonyl (C=O) groups excluding carboxylic acids is 2. The second-order valence-corrected chi connectivity index (χ2v) is 4.84. The van der Waals surface area contributed by atoms with Crippen molar-refractivity contribution < 1.29 is 9.59 Å². The Morgan fingerprint density at radius 3 is 2.14 bits per heavy atom. The van der Waals surface area contributed by atoms with E-state index in [1.165, 1.54) is 0 Å². The Morgan fingerprint density at radius 2 is 1.68 bits per heavy atom. The zero-order valence-corrected chi connectivity index (χ0v) is 13.6. The number of amides is 3. The van der Waals surface area contributed by atoms with Crippen molar-refractivity contribution in [2.45, 2.75) is 19.9 Å². The van der Waals surface area contributed by atoms with E-state index in [1.54, 1.807) is 44.2 Å². The molecule has 0 aromatic heterocycles. The number of nitrogens with one attached hydrogen (secondary N) is 3. The van der Waals surface area contributed by atoms with E-state index in [9.17, 15) is 9.59 Å². The first kappa shape index (κ1) is 19.9. The smallest absolute Gasteiger partial charge is 0.319 e. The summed E-state index contributed by atoms with van der Waals surface area (Å²) in [6.07, 6.45) is 1.60. The molecule has 6 nitrogen and oxygen atoms in total. The first-order valence-electron chi connectivity index (χ1n) is 6.76. The average molecular weight is 327 g/mol. The van der Waals surface area contributed by atoms with E-state index in [0.717, 1.165) is 0 Å². The van der Waals surface area contributed by atoms with Crippen LogP contribution in [-0.4, -0.2) is 24.5 Å². The molecule has 122 valence electrons. The van der Waals surface area contributed by atoms with Gasteiger partial charge in [-0.15, -0.1) is 19.0 Å². The Kier molecular flexibility index (Phi) is 8.89. The maximum atomic E-state index is 11.9. The highest BCUT2D eigenvalue weighted by Crippen LogP contribution is 2.15. The number of anilines is 2. The lowest BCUT2D eigenvalue weighted by Crippen LogP contribution is -2.34. The summed E-state index contributed by atoms with van der Waals surface area (Å²) in [7, 11) is 0. The van der Waals surface area contributed by atoms with Gasteiger partial charge in [0, 0.05) is 24.0 Å². The summed E-state index contributed by atoms with van der Waals surface area (Å²) in [5.74, 6) is -0.401. The fourth-order valence-electron chi connectivity index (χ4n) is 1.47. The third-order valence-corrected chi connectivity index (χ3v) is 3.02. The summed E-state index contributed by atoms with van der Waals surface area (Å²) in [4.78, 5) is 23.3. The Labute approximate surface area is 136 Å². The monoisotopic (exact) mass is 326 g/mol. The zero-order valence-electron chi connectivity index (χ0n) is 12.8. The van der Waals surface area contributed by atoms with Gasteiger partial charge in [-0.25, -0.2) is 4.79 Å². The van der Waals surface area contributed by atoms with Crippen molar-refractivity contribution in [2.24, 2.45) is 11.7 Å². The number of halogens is 1. The molecule has 3 amide bonds. The molecule has 0 spiro atoms. The standard InChI is InChI=1S/C15H22N4O2.ClH/c1-4-9-17-15(21)19-13-7-5-12(6-8-13)18-14(20)10(2)11(3)16;/h4-8,10-11H,1,9,16H2,2-3H3,(H,18,20)(H2,17,19,21);1H. The number of hydrogen-bond acceptors (Lipinski definition) is 3. The molecule has 22 heavy (non-hydrogen) atoms. The fourth-order valence-corrected chi connectivity index (χ4v) is 1.47. The first-order valence-corrected chi connectivity index (χ1v) is 6.76. The molecule has 0 aliphatic heterocycles. The third kappa shape index (κ3) is 6.60. The van der Waals surface area contributed by atoms with Crippen LogP contribution in [-0.2, 0) is 4.79 Å². The quantitative estimate of drug-likeness (QED) is 0.604. The Balaban J connectivity index is 0.00000441. The van der Waals surface area contributed by atoms with Crippen LogP contribution in [0.1, 0.15) is 13.8 Å². The van der Waals surface area contributed by atoms with Crippen LogP contribution >= 0.6 is 12.4 Å². The van der Waals surface area contributed by atoms with Crippen LogP contribution in [0.25, 0.3) is 0 Å². The molecule has 0 saturated heterocycles. The Hall–Kier alpha value is -2.05. The van der Waals surface area contributed by atoms with Crippen LogP contribution in [0.4, 0.5) is 16.2 Å². The topological polar surface area (TPSA) is 96.2 Å². The van der Waals surface area contributed by atoms with E-state index in [-0.39, 0.29) is 36.3 Å². The van der Waals surface area contributed by atoms with Crippen molar-refractivity contribution in [2.75, 3.05) is 17.2 Å². The molecule has 0 radical (unpaired) electrons. The van der Waals surface area contributed by atoms with Crippen molar-refractivity contribution >= 4 is 35.7 Å². The van der Waals surface area contributed by atoms with Gasteiger partial charge in [0.1, 0.15) is 0 Å². The number of benzene rings is 1. The SMILES string of the molecule is C=CCNC(=O)Nc1ccc(NC(=O)C(C)C(C)N)cc1.Cl. The minimum Gasteiger partial charge on any atom is -0.334 e. The molecule has 1 aromatic carbocycles. The van der Waals surface area contributed by atoms with Crippen LogP contribution in [0.5, 0.6) is 0 Å². The summed E-state index contributed by atoms with van der Waals surface area (Å²) in [5, 5.41) is 8.05. The van der Waals surface area contributed by atoms with Gasteiger partial charge in [-0.3, -0.25) is 4.79 Å². The van der Waals surface area contributed by atoms with Gasteiger partial charge >= 0.3 is 6.03 Å². The maximum Gasteiger partial charge on any atom is 0.319 e. The normalized spacial score (nSPS) is 12.3. The van der Waals surface area contributed by atoms with Gasteiger partial charge in [0.25, 0.3) is 0 Å². The predicted octanol–water partition coefficient (Wildman–Crippen LogP) is 2.34. The molecule has 5 N–H and O–H groups in total. The van der Waals surface area contributed by atoms with E-state index in [1.807, 2.05) is 0 Å². The lowest BCUT2D eigenvalue weighted by molar-refractivity contribution is -0.119. The molecule has 0 aliphatic rings. The molecular weight excluding hydrogens is 304 g/mol. The molecule has 7 heteroatoms. The van der Waals surface area contributed by atoms with Crippen LogP contribution in [0.3, 0.4) is 0 Å². The van der Waals surface area contributed by atoms with Gasteiger partial charge in [0.15, 0.2) is 0 Å². The summed E-state index contributed by atoms with van der Waals surface area (Å²) >= 11 is 0. The third-order valence-electron chi connectivity index (χ3n) is 3.02. The lowest BCUT2D eigenvalue weighted by Gasteiger charge is -2.15. The molecule has 1 aromatic rings. The van der Waals surface area contributed by atoms with E-state index < -0.39 is 0 Å². The summed E-state index contributed by atoms with van der Waals surface area (Å²) in [5.41, 5.74) is 6.98. The number of rotatable bonds is 6.